The van der Waals surface area contributed by atoms with E-state index in [0.29, 0.717) is 17.7 Å². The number of nitriles is 1. The lowest BCUT2D eigenvalue weighted by Crippen LogP contribution is -1.91. The molecule has 0 unspecified atom stereocenters. The van der Waals surface area contributed by atoms with Gasteiger partial charge in [-0.05, 0) is 18.9 Å². The van der Waals surface area contributed by atoms with Crippen LogP contribution in [-0.4, -0.2) is 12.8 Å². The fourth-order valence-corrected chi connectivity index (χ4v) is 1.40. The first kappa shape index (κ1) is 13.2. The third kappa shape index (κ3) is 5.17. The molecule has 0 spiro atoms. The SMILES string of the molecule is CCCCCCO/N=[C]/c1ccccc1C#N. The van der Waals surface area contributed by atoms with Crippen molar-refractivity contribution in [2.75, 3.05) is 6.61 Å². The third-order valence-corrected chi connectivity index (χ3v) is 2.37. The van der Waals surface area contributed by atoms with Crippen molar-refractivity contribution in [2.45, 2.75) is 32.6 Å². The summed E-state index contributed by atoms with van der Waals surface area (Å²) in [5.41, 5.74) is 1.23. The maximum absolute atomic E-state index is 8.85. The predicted molar refractivity (Wildman–Crippen MR) is 67.8 cm³/mol. The largest absolute Gasteiger partial charge is 0.395 e. The molecule has 0 atom stereocenters. The van der Waals surface area contributed by atoms with E-state index in [1.54, 1.807) is 12.1 Å². The second-order valence-electron chi connectivity index (χ2n) is 3.75. The molecule has 1 radical (unpaired) electrons. The van der Waals surface area contributed by atoms with Crippen LogP contribution in [0.3, 0.4) is 0 Å². The lowest BCUT2D eigenvalue weighted by atomic mass is 10.1. The third-order valence-electron chi connectivity index (χ3n) is 2.37. The molecule has 3 heteroatoms. The monoisotopic (exact) mass is 229 g/mol. The molecule has 0 aromatic heterocycles. The molecule has 0 aliphatic carbocycles. The molecule has 0 aliphatic rings. The zero-order chi connectivity index (χ0) is 12.3. The van der Waals surface area contributed by atoms with Gasteiger partial charge in [-0.25, -0.2) is 0 Å². The molecule has 0 bridgehead atoms. The molecule has 0 saturated heterocycles. The van der Waals surface area contributed by atoms with Crippen molar-refractivity contribution in [1.29, 1.82) is 5.26 Å². The minimum absolute atomic E-state index is 0.561. The van der Waals surface area contributed by atoms with E-state index in [-0.39, 0.29) is 0 Å². The quantitative estimate of drug-likeness (QED) is 0.409. The summed E-state index contributed by atoms with van der Waals surface area (Å²) in [6, 6.07) is 9.28. The lowest BCUT2D eigenvalue weighted by Gasteiger charge is -1.98. The van der Waals surface area contributed by atoms with Gasteiger partial charge in [0.05, 0.1) is 11.6 Å². The zero-order valence-corrected chi connectivity index (χ0v) is 10.1. The van der Waals surface area contributed by atoms with Crippen LogP contribution >= 0.6 is 0 Å². The molecule has 0 aliphatic heterocycles. The number of rotatable bonds is 7. The minimum atomic E-state index is 0.561. The average molecular weight is 229 g/mol. The fraction of sp³-hybridized carbons (Fsp3) is 0.429. The number of hydrogen-bond donors (Lipinski definition) is 0. The Hall–Kier alpha value is -1.82. The van der Waals surface area contributed by atoms with Gasteiger partial charge in [0.1, 0.15) is 12.8 Å². The highest BCUT2D eigenvalue weighted by molar-refractivity contribution is 5.82. The van der Waals surface area contributed by atoms with Crippen molar-refractivity contribution < 1.29 is 4.84 Å². The normalized spacial score (nSPS) is 10.4. The van der Waals surface area contributed by atoms with Crippen molar-refractivity contribution in [1.82, 2.24) is 0 Å². The molecule has 0 fully saturated rings. The summed E-state index contributed by atoms with van der Waals surface area (Å²) in [5, 5.41) is 12.6. The first-order valence-corrected chi connectivity index (χ1v) is 5.95. The minimum Gasteiger partial charge on any atom is -0.395 e. The Bertz CT molecular complexity index is 393. The van der Waals surface area contributed by atoms with Crippen LogP contribution in [0, 0.1) is 11.3 Å². The lowest BCUT2D eigenvalue weighted by molar-refractivity contribution is 0.141. The summed E-state index contributed by atoms with van der Waals surface area (Å²) in [6.45, 7) is 2.79. The summed E-state index contributed by atoms with van der Waals surface area (Å²) < 4.78 is 0. The van der Waals surface area contributed by atoms with Gasteiger partial charge in [0.25, 0.3) is 0 Å². The summed E-state index contributed by atoms with van der Waals surface area (Å²) in [7, 11) is 0. The Morgan fingerprint density at radius 3 is 2.65 bits per heavy atom. The summed E-state index contributed by atoms with van der Waals surface area (Å²) in [5.74, 6) is 0. The van der Waals surface area contributed by atoms with Crippen LogP contribution in [0.2, 0.25) is 0 Å². The van der Waals surface area contributed by atoms with Crippen molar-refractivity contribution in [3.05, 3.63) is 35.4 Å². The second kappa shape index (κ2) is 8.35. The summed E-state index contributed by atoms with van der Waals surface area (Å²) >= 11 is 0. The van der Waals surface area contributed by atoms with Crippen molar-refractivity contribution >= 4 is 6.21 Å². The highest BCUT2D eigenvalue weighted by Gasteiger charge is 1.97. The average Bonchev–Trinajstić information content (AvgIpc) is 2.38. The molecule has 0 heterocycles. The summed E-state index contributed by atoms with van der Waals surface area (Å²) in [6.07, 6.45) is 7.36. The first-order chi connectivity index (χ1) is 8.38. The van der Waals surface area contributed by atoms with Crippen molar-refractivity contribution in [3.8, 4) is 6.07 Å². The van der Waals surface area contributed by atoms with Crippen LogP contribution in [0.1, 0.15) is 43.7 Å². The van der Waals surface area contributed by atoms with E-state index in [0.717, 1.165) is 6.42 Å². The van der Waals surface area contributed by atoms with Gasteiger partial charge < -0.3 is 4.84 Å². The van der Waals surface area contributed by atoms with E-state index in [1.165, 1.54) is 19.3 Å². The highest BCUT2D eigenvalue weighted by atomic mass is 16.6. The molecule has 1 rings (SSSR count). The molecule has 17 heavy (non-hydrogen) atoms. The Labute approximate surface area is 103 Å². The number of benzene rings is 1. The van der Waals surface area contributed by atoms with Crippen LogP contribution in [0.15, 0.2) is 29.4 Å². The van der Waals surface area contributed by atoms with E-state index >= 15 is 0 Å². The van der Waals surface area contributed by atoms with Crippen LogP contribution in [-0.2, 0) is 4.84 Å². The molecule has 0 amide bonds. The Morgan fingerprint density at radius 1 is 1.18 bits per heavy atom. The molecule has 1 aromatic rings. The number of hydrogen-bond acceptors (Lipinski definition) is 3. The fourth-order valence-electron chi connectivity index (χ4n) is 1.40. The van der Waals surface area contributed by atoms with Gasteiger partial charge >= 0.3 is 0 Å². The zero-order valence-electron chi connectivity index (χ0n) is 10.1. The van der Waals surface area contributed by atoms with Gasteiger partial charge in [-0.3, -0.25) is 0 Å². The number of nitrogens with zero attached hydrogens (tertiary/aromatic N) is 2. The second-order valence-corrected chi connectivity index (χ2v) is 3.75. The first-order valence-electron chi connectivity index (χ1n) is 5.95. The molecule has 1 aromatic carbocycles. The molecule has 0 saturated carbocycles. The van der Waals surface area contributed by atoms with E-state index in [4.69, 9.17) is 10.1 Å². The van der Waals surface area contributed by atoms with Gasteiger partial charge in [-0.2, -0.15) is 5.26 Å². The van der Waals surface area contributed by atoms with E-state index in [1.807, 2.05) is 12.1 Å². The van der Waals surface area contributed by atoms with Gasteiger partial charge in [0.2, 0.25) is 0 Å². The topological polar surface area (TPSA) is 45.4 Å². The highest BCUT2D eigenvalue weighted by Crippen LogP contribution is 2.04. The summed E-state index contributed by atoms with van der Waals surface area (Å²) in [4.78, 5) is 5.09. The smallest absolute Gasteiger partial charge is 0.141 e. The van der Waals surface area contributed by atoms with E-state index < -0.39 is 0 Å². The van der Waals surface area contributed by atoms with Gasteiger partial charge in [0.15, 0.2) is 0 Å². The Morgan fingerprint density at radius 2 is 1.94 bits per heavy atom. The van der Waals surface area contributed by atoms with E-state index in [9.17, 15) is 0 Å². The molecule has 0 N–H and O–H groups in total. The Kier molecular flexibility index (Phi) is 6.50. The van der Waals surface area contributed by atoms with Gasteiger partial charge in [-0.1, -0.05) is 43.1 Å². The van der Waals surface area contributed by atoms with Gasteiger partial charge in [-0.15, -0.1) is 0 Å². The maximum atomic E-state index is 8.85. The van der Waals surface area contributed by atoms with Crippen LogP contribution in [0.5, 0.6) is 0 Å². The van der Waals surface area contributed by atoms with E-state index in [2.05, 4.69) is 24.4 Å². The molecule has 3 nitrogen and oxygen atoms in total. The van der Waals surface area contributed by atoms with Gasteiger partial charge in [0, 0.05) is 5.56 Å². The molecular formula is C14H17N2O. The standard InChI is InChI=1S/C14H17N2O/c1-2-3-4-7-10-17-16-12-14-9-6-5-8-13(14)11-15/h5-6,8-9H,2-4,7,10H2,1H3. The van der Waals surface area contributed by atoms with Crippen LogP contribution in [0.25, 0.3) is 0 Å². The maximum Gasteiger partial charge on any atom is 0.141 e. The number of unbranched alkanes of at least 4 members (excludes halogenated alkanes) is 3. The Balaban J connectivity index is 2.31. The molecular weight excluding hydrogens is 212 g/mol. The van der Waals surface area contributed by atoms with Crippen molar-refractivity contribution in [2.24, 2.45) is 5.16 Å². The predicted octanol–water partition coefficient (Wildman–Crippen LogP) is 3.37. The van der Waals surface area contributed by atoms with Crippen molar-refractivity contribution in [3.63, 3.8) is 0 Å². The van der Waals surface area contributed by atoms with Crippen LogP contribution < -0.4 is 0 Å². The molecule has 89 valence electrons. The van der Waals surface area contributed by atoms with Crippen LogP contribution in [0.4, 0.5) is 0 Å².